The standard InChI is InChI=1S/C16H28N4S/c1-11(2)9-19(10-12(3)4)15-14(8-13(5)17)20-6-7-21-16(20)18-15/h6-7,11-13H,8-10,17H2,1-5H3. The van der Waals surface area contributed by atoms with Crippen LogP contribution in [0.3, 0.4) is 0 Å². The minimum absolute atomic E-state index is 0.142. The predicted molar refractivity (Wildman–Crippen MR) is 92.3 cm³/mol. The molecule has 0 spiro atoms. The number of nitrogens with zero attached hydrogens (tertiary/aromatic N) is 3. The Morgan fingerprint density at radius 3 is 2.33 bits per heavy atom. The van der Waals surface area contributed by atoms with Crippen LogP contribution in [0.15, 0.2) is 11.6 Å². The number of hydrogen-bond acceptors (Lipinski definition) is 4. The van der Waals surface area contributed by atoms with Gasteiger partial charge in [-0.1, -0.05) is 27.7 Å². The van der Waals surface area contributed by atoms with Crippen LogP contribution in [0, 0.1) is 11.8 Å². The van der Waals surface area contributed by atoms with E-state index in [0.717, 1.165) is 30.3 Å². The third-order valence-corrected chi connectivity index (χ3v) is 4.08. The van der Waals surface area contributed by atoms with Gasteiger partial charge in [-0.3, -0.25) is 4.40 Å². The van der Waals surface area contributed by atoms with Crippen molar-refractivity contribution in [1.82, 2.24) is 9.38 Å². The van der Waals surface area contributed by atoms with Gasteiger partial charge in [-0.05, 0) is 18.8 Å². The maximum Gasteiger partial charge on any atom is 0.195 e. The SMILES string of the molecule is CC(C)CN(CC(C)C)c1nc2sccn2c1CC(C)N. The van der Waals surface area contributed by atoms with Crippen molar-refractivity contribution in [2.75, 3.05) is 18.0 Å². The Morgan fingerprint density at radius 2 is 1.81 bits per heavy atom. The fraction of sp³-hybridized carbons (Fsp3) is 0.688. The molecule has 0 bridgehead atoms. The first-order valence-corrected chi connectivity index (χ1v) is 8.71. The van der Waals surface area contributed by atoms with Gasteiger partial charge in [0.25, 0.3) is 0 Å². The number of thiazole rings is 1. The predicted octanol–water partition coefficient (Wildman–Crippen LogP) is 3.40. The molecule has 2 aromatic rings. The smallest absolute Gasteiger partial charge is 0.195 e. The summed E-state index contributed by atoms with van der Waals surface area (Å²) in [6.07, 6.45) is 2.97. The Kier molecular flexibility index (Phi) is 5.27. The van der Waals surface area contributed by atoms with E-state index >= 15 is 0 Å². The van der Waals surface area contributed by atoms with Gasteiger partial charge in [0.05, 0.1) is 5.69 Å². The minimum Gasteiger partial charge on any atom is -0.355 e. The summed E-state index contributed by atoms with van der Waals surface area (Å²) in [5.74, 6) is 2.36. The van der Waals surface area contributed by atoms with Crippen LogP contribution in [0.2, 0.25) is 0 Å². The number of fused-ring (bicyclic) bond motifs is 1. The first-order chi connectivity index (χ1) is 9.88. The molecule has 0 amide bonds. The van der Waals surface area contributed by atoms with Crippen LogP contribution in [0.25, 0.3) is 4.96 Å². The Bertz CT molecular complexity index is 558. The molecule has 0 aliphatic heterocycles. The summed E-state index contributed by atoms with van der Waals surface area (Å²) < 4.78 is 2.21. The Labute approximate surface area is 132 Å². The molecule has 0 saturated carbocycles. The molecule has 5 heteroatoms. The molecule has 0 aromatic carbocycles. The van der Waals surface area contributed by atoms with Crippen molar-refractivity contribution in [3.05, 3.63) is 17.3 Å². The average molecular weight is 308 g/mol. The molecule has 118 valence electrons. The summed E-state index contributed by atoms with van der Waals surface area (Å²) in [7, 11) is 0. The van der Waals surface area contributed by atoms with Crippen LogP contribution in [-0.4, -0.2) is 28.5 Å². The van der Waals surface area contributed by atoms with E-state index in [-0.39, 0.29) is 6.04 Å². The van der Waals surface area contributed by atoms with Crippen LogP contribution in [0.1, 0.15) is 40.3 Å². The minimum atomic E-state index is 0.142. The fourth-order valence-corrected chi connectivity index (χ4v) is 3.43. The number of aromatic nitrogens is 2. The molecule has 0 saturated heterocycles. The van der Waals surface area contributed by atoms with Crippen LogP contribution in [0.4, 0.5) is 5.82 Å². The highest BCUT2D eigenvalue weighted by atomic mass is 32.1. The van der Waals surface area contributed by atoms with E-state index in [1.165, 1.54) is 5.69 Å². The number of imidazole rings is 1. The lowest BCUT2D eigenvalue weighted by Gasteiger charge is -2.27. The second kappa shape index (κ2) is 6.79. The molecule has 0 fully saturated rings. The first-order valence-electron chi connectivity index (χ1n) is 7.83. The topological polar surface area (TPSA) is 46.6 Å². The molecule has 21 heavy (non-hydrogen) atoms. The van der Waals surface area contributed by atoms with E-state index in [1.54, 1.807) is 11.3 Å². The first kappa shape index (κ1) is 16.3. The lowest BCUT2D eigenvalue weighted by atomic mass is 10.1. The highest BCUT2D eigenvalue weighted by molar-refractivity contribution is 7.15. The monoisotopic (exact) mass is 308 g/mol. The van der Waals surface area contributed by atoms with Crippen molar-refractivity contribution in [3.8, 4) is 0 Å². The van der Waals surface area contributed by atoms with Crippen molar-refractivity contribution in [2.45, 2.75) is 47.1 Å². The third kappa shape index (κ3) is 3.98. The van der Waals surface area contributed by atoms with E-state index in [4.69, 9.17) is 10.7 Å². The number of anilines is 1. The molecule has 1 atom stereocenters. The van der Waals surface area contributed by atoms with Crippen molar-refractivity contribution in [1.29, 1.82) is 0 Å². The Balaban J connectivity index is 2.42. The number of nitrogens with two attached hydrogens (primary N) is 1. The van der Waals surface area contributed by atoms with E-state index in [1.807, 2.05) is 0 Å². The average Bonchev–Trinajstić information content (AvgIpc) is 2.89. The van der Waals surface area contributed by atoms with Gasteiger partial charge in [-0.25, -0.2) is 4.98 Å². The highest BCUT2D eigenvalue weighted by Crippen LogP contribution is 2.27. The molecule has 1 unspecified atom stereocenters. The number of hydrogen-bond donors (Lipinski definition) is 1. The van der Waals surface area contributed by atoms with Gasteiger partial charge in [0.1, 0.15) is 0 Å². The number of rotatable bonds is 7. The molecule has 2 heterocycles. The second-order valence-corrected chi connectivity index (χ2v) is 7.68. The molecule has 0 radical (unpaired) electrons. The molecule has 0 aliphatic carbocycles. The van der Waals surface area contributed by atoms with Crippen molar-refractivity contribution in [3.63, 3.8) is 0 Å². The highest BCUT2D eigenvalue weighted by Gasteiger charge is 2.21. The summed E-state index contributed by atoms with van der Waals surface area (Å²) in [6, 6.07) is 0.142. The zero-order valence-electron chi connectivity index (χ0n) is 13.8. The zero-order valence-corrected chi connectivity index (χ0v) is 14.7. The maximum absolute atomic E-state index is 6.06. The fourth-order valence-electron chi connectivity index (χ4n) is 2.70. The van der Waals surface area contributed by atoms with Gasteiger partial charge in [-0.15, -0.1) is 11.3 Å². The lowest BCUT2D eigenvalue weighted by Crippen LogP contribution is -2.33. The summed E-state index contributed by atoms with van der Waals surface area (Å²) in [5.41, 5.74) is 7.31. The zero-order chi connectivity index (χ0) is 15.6. The Morgan fingerprint density at radius 1 is 1.19 bits per heavy atom. The van der Waals surface area contributed by atoms with E-state index < -0.39 is 0 Å². The van der Waals surface area contributed by atoms with E-state index in [2.05, 4.69) is 55.5 Å². The quantitative estimate of drug-likeness (QED) is 0.852. The van der Waals surface area contributed by atoms with Crippen LogP contribution in [-0.2, 0) is 6.42 Å². The summed E-state index contributed by atoms with van der Waals surface area (Å²) in [6.45, 7) is 13.2. The largest absolute Gasteiger partial charge is 0.355 e. The van der Waals surface area contributed by atoms with Gasteiger partial charge in [0.2, 0.25) is 0 Å². The van der Waals surface area contributed by atoms with Crippen molar-refractivity contribution >= 4 is 22.1 Å². The molecule has 4 nitrogen and oxygen atoms in total. The molecule has 2 rings (SSSR count). The normalized spacial score (nSPS) is 13.5. The second-order valence-electron chi connectivity index (χ2n) is 6.81. The molecule has 2 N–H and O–H groups in total. The molecular formula is C16H28N4S. The van der Waals surface area contributed by atoms with Crippen molar-refractivity contribution in [2.24, 2.45) is 17.6 Å². The van der Waals surface area contributed by atoms with Gasteiger partial charge in [-0.2, -0.15) is 0 Å². The molecule has 2 aromatic heterocycles. The summed E-state index contributed by atoms with van der Waals surface area (Å²) in [5, 5.41) is 2.09. The van der Waals surface area contributed by atoms with Gasteiger partial charge >= 0.3 is 0 Å². The van der Waals surface area contributed by atoms with Crippen LogP contribution >= 0.6 is 11.3 Å². The third-order valence-electron chi connectivity index (χ3n) is 3.33. The Hall–Kier alpha value is -1.07. The van der Waals surface area contributed by atoms with E-state index in [9.17, 15) is 0 Å². The molecule has 0 aliphatic rings. The van der Waals surface area contributed by atoms with E-state index in [0.29, 0.717) is 11.8 Å². The molecular weight excluding hydrogens is 280 g/mol. The van der Waals surface area contributed by atoms with Crippen molar-refractivity contribution < 1.29 is 0 Å². The summed E-state index contributed by atoms with van der Waals surface area (Å²) in [4.78, 5) is 8.39. The summed E-state index contributed by atoms with van der Waals surface area (Å²) >= 11 is 1.69. The van der Waals surface area contributed by atoms with Gasteiger partial charge < -0.3 is 10.6 Å². The maximum atomic E-state index is 6.06. The van der Waals surface area contributed by atoms with Crippen LogP contribution < -0.4 is 10.6 Å². The van der Waals surface area contributed by atoms with Gasteiger partial charge in [0.15, 0.2) is 10.8 Å². The van der Waals surface area contributed by atoms with Crippen LogP contribution in [0.5, 0.6) is 0 Å². The lowest BCUT2D eigenvalue weighted by molar-refractivity contribution is 0.547. The van der Waals surface area contributed by atoms with Gasteiger partial charge in [0, 0.05) is 37.1 Å².